The summed E-state index contributed by atoms with van der Waals surface area (Å²) in [6, 6.07) is 2.66. The van der Waals surface area contributed by atoms with Gasteiger partial charge in [-0.3, -0.25) is 4.79 Å². The van der Waals surface area contributed by atoms with E-state index in [9.17, 15) is 13.2 Å². The molecule has 2 aromatic rings. The Kier molecular flexibility index (Phi) is 3.79. The van der Waals surface area contributed by atoms with Gasteiger partial charge in [0.25, 0.3) is 10.0 Å². The average molecular weight is 327 g/mol. The molecule has 3 rings (SSSR count). The summed E-state index contributed by atoms with van der Waals surface area (Å²) in [4.78, 5) is 16.9. The molecule has 2 aromatic heterocycles. The lowest BCUT2D eigenvalue weighted by Crippen LogP contribution is -2.48. The molecule has 0 unspecified atom stereocenters. The van der Waals surface area contributed by atoms with Gasteiger partial charge in [-0.15, -0.1) is 11.3 Å². The molecule has 0 spiro atoms. The van der Waals surface area contributed by atoms with E-state index in [1.165, 1.54) is 27.8 Å². The highest BCUT2D eigenvalue weighted by Crippen LogP contribution is 2.23. The van der Waals surface area contributed by atoms with Gasteiger partial charge in [0, 0.05) is 37.8 Å². The fourth-order valence-electron chi connectivity index (χ4n) is 2.16. The van der Waals surface area contributed by atoms with Crippen LogP contribution in [0.2, 0.25) is 0 Å². The highest BCUT2D eigenvalue weighted by Gasteiger charge is 2.31. The number of anilines is 1. The molecule has 0 amide bonds. The van der Waals surface area contributed by atoms with Gasteiger partial charge < -0.3 is 9.32 Å². The molecule has 0 aliphatic carbocycles. The summed E-state index contributed by atoms with van der Waals surface area (Å²) in [6.07, 6.45) is 2.21. The van der Waals surface area contributed by atoms with Gasteiger partial charge in [-0.1, -0.05) is 0 Å². The normalized spacial score (nSPS) is 17.0. The lowest BCUT2D eigenvalue weighted by molar-refractivity contribution is 0.109. The van der Waals surface area contributed by atoms with Gasteiger partial charge in [0.15, 0.2) is 17.2 Å². The topological polar surface area (TPSA) is 83.7 Å². The molecule has 0 N–H and O–H groups in total. The van der Waals surface area contributed by atoms with E-state index in [0.717, 1.165) is 5.13 Å². The molecule has 0 aromatic carbocycles. The SMILES string of the molecule is O=Cc1ccc(S(=O)(=O)N2CCN(c3nccs3)CC2)o1. The van der Waals surface area contributed by atoms with Gasteiger partial charge in [0.05, 0.1) is 0 Å². The second kappa shape index (κ2) is 5.58. The summed E-state index contributed by atoms with van der Waals surface area (Å²) < 4.78 is 31.2. The number of carbonyl (C=O) groups is 1. The molecule has 0 bridgehead atoms. The maximum Gasteiger partial charge on any atom is 0.276 e. The van der Waals surface area contributed by atoms with Crippen LogP contribution in [0.4, 0.5) is 5.13 Å². The fourth-order valence-corrected chi connectivity index (χ4v) is 4.19. The summed E-state index contributed by atoms with van der Waals surface area (Å²) in [5.74, 6) is 0.00926. The number of piperazine rings is 1. The Labute approximate surface area is 125 Å². The minimum absolute atomic E-state index is 0.00926. The largest absolute Gasteiger partial charge is 0.440 e. The highest BCUT2D eigenvalue weighted by atomic mass is 32.2. The summed E-state index contributed by atoms with van der Waals surface area (Å²) in [5, 5.41) is 2.60. The van der Waals surface area contributed by atoms with Crippen molar-refractivity contribution in [3.8, 4) is 0 Å². The first-order valence-corrected chi connectivity index (χ1v) is 8.63. The molecule has 0 radical (unpaired) electrons. The van der Waals surface area contributed by atoms with Gasteiger partial charge in [0.1, 0.15) is 0 Å². The molecule has 0 atom stereocenters. The number of furan rings is 1. The number of aldehydes is 1. The molecule has 7 nitrogen and oxygen atoms in total. The van der Waals surface area contributed by atoms with Crippen LogP contribution in [0.25, 0.3) is 0 Å². The summed E-state index contributed by atoms with van der Waals surface area (Å²) in [6.45, 7) is 1.88. The molecule has 1 aliphatic heterocycles. The number of carbonyl (C=O) groups excluding carboxylic acids is 1. The molecular formula is C12H13N3O4S2. The van der Waals surface area contributed by atoms with Crippen molar-refractivity contribution in [1.82, 2.24) is 9.29 Å². The van der Waals surface area contributed by atoms with Crippen molar-refractivity contribution < 1.29 is 17.6 Å². The third-order valence-corrected chi connectivity index (χ3v) is 5.85. The van der Waals surface area contributed by atoms with Crippen molar-refractivity contribution in [3.05, 3.63) is 29.5 Å². The quantitative estimate of drug-likeness (QED) is 0.781. The predicted molar refractivity (Wildman–Crippen MR) is 77.2 cm³/mol. The monoisotopic (exact) mass is 327 g/mol. The van der Waals surface area contributed by atoms with E-state index >= 15 is 0 Å². The second-order valence-corrected chi connectivity index (χ2v) is 7.22. The minimum atomic E-state index is -3.68. The van der Waals surface area contributed by atoms with Gasteiger partial charge >= 0.3 is 0 Å². The molecule has 3 heterocycles. The third-order valence-electron chi connectivity index (χ3n) is 3.24. The van der Waals surface area contributed by atoms with Crippen LogP contribution in [0.5, 0.6) is 0 Å². The Balaban J connectivity index is 1.72. The van der Waals surface area contributed by atoms with Gasteiger partial charge in [-0.25, -0.2) is 13.4 Å². The van der Waals surface area contributed by atoms with E-state index in [1.807, 2.05) is 5.38 Å². The van der Waals surface area contributed by atoms with E-state index in [4.69, 9.17) is 4.42 Å². The molecule has 0 saturated carbocycles. The fraction of sp³-hybridized carbons (Fsp3) is 0.333. The van der Waals surface area contributed by atoms with Crippen LogP contribution in [0.15, 0.2) is 33.2 Å². The number of sulfonamides is 1. The molecule has 21 heavy (non-hydrogen) atoms. The van der Waals surface area contributed by atoms with Crippen molar-refractivity contribution in [3.63, 3.8) is 0 Å². The maximum atomic E-state index is 12.4. The molecule has 9 heteroatoms. The van der Waals surface area contributed by atoms with E-state index < -0.39 is 10.0 Å². The van der Waals surface area contributed by atoms with E-state index in [0.29, 0.717) is 32.5 Å². The van der Waals surface area contributed by atoms with Crippen LogP contribution in [0.3, 0.4) is 0 Å². The van der Waals surface area contributed by atoms with Gasteiger partial charge in [-0.2, -0.15) is 4.31 Å². The van der Waals surface area contributed by atoms with Gasteiger partial charge in [-0.05, 0) is 12.1 Å². The molecule has 1 fully saturated rings. The average Bonchev–Trinajstić information content (AvgIpc) is 3.19. The molecule has 1 saturated heterocycles. The highest BCUT2D eigenvalue weighted by molar-refractivity contribution is 7.89. The number of hydrogen-bond acceptors (Lipinski definition) is 7. The first-order valence-electron chi connectivity index (χ1n) is 6.31. The lowest BCUT2D eigenvalue weighted by Gasteiger charge is -2.33. The number of rotatable bonds is 4. The first kappa shape index (κ1) is 14.2. The summed E-state index contributed by atoms with van der Waals surface area (Å²) in [7, 11) is -3.68. The second-order valence-electron chi connectivity index (χ2n) is 4.48. The van der Waals surface area contributed by atoms with Crippen LogP contribution in [-0.2, 0) is 10.0 Å². The number of aromatic nitrogens is 1. The number of hydrogen-bond donors (Lipinski definition) is 0. The first-order chi connectivity index (χ1) is 10.1. The van der Waals surface area contributed by atoms with Crippen molar-refractivity contribution in [2.24, 2.45) is 0 Å². The standard InChI is InChI=1S/C12H13N3O4S2/c16-9-10-1-2-11(19-10)21(17,18)15-6-4-14(5-7-15)12-13-3-8-20-12/h1-3,8-9H,4-7H2. The number of thiazole rings is 1. The Morgan fingerprint density at radius 3 is 2.57 bits per heavy atom. The van der Waals surface area contributed by atoms with Crippen LogP contribution < -0.4 is 4.90 Å². The van der Waals surface area contributed by atoms with E-state index in [2.05, 4.69) is 9.88 Å². The maximum absolute atomic E-state index is 12.4. The summed E-state index contributed by atoms with van der Waals surface area (Å²) >= 11 is 1.53. The van der Waals surface area contributed by atoms with Crippen molar-refractivity contribution in [2.75, 3.05) is 31.1 Å². The Morgan fingerprint density at radius 1 is 1.24 bits per heavy atom. The Morgan fingerprint density at radius 2 is 2.00 bits per heavy atom. The zero-order valence-electron chi connectivity index (χ0n) is 11.0. The summed E-state index contributed by atoms with van der Waals surface area (Å²) in [5.41, 5.74) is 0. The molecular weight excluding hydrogens is 314 g/mol. The van der Waals surface area contributed by atoms with Crippen molar-refractivity contribution >= 4 is 32.8 Å². The minimum Gasteiger partial charge on any atom is -0.440 e. The zero-order chi connectivity index (χ0) is 14.9. The Bertz CT molecular complexity index is 716. The lowest BCUT2D eigenvalue weighted by atomic mass is 10.4. The number of nitrogens with zero attached hydrogens (tertiary/aromatic N) is 3. The van der Waals surface area contributed by atoms with Crippen LogP contribution in [0, 0.1) is 0 Å². The van der Waals surface area contributed by atoms with Crippen LogP contribution in [0.1, 0.15) is 10.6 Å². The molecule has 112 valence electrons. The smallest absolute Gasteiger partial charge is 0.276 e. The van der Waals surface area contributed by atoms with Crippen LogP contribution in [-0.4, -0.2) is 50.2 Å². The van der Waals surface area contributed by atoms with Crippen molar-refractivity contribution in [2.45, 2.75) is 5.09 Å². The van der Waals surface area contributed by atoms with Crippen molar-refractivity contribution in [1.29, 1.82) is 0 Å². The third kappa shape index (κ3) is 2.71. The van der Waals surface area contributed by atoms with Gasteiger partial charge in [0.2, 0.25) is 5.09 Å². The molecule has 1 aliphatic rings. The van der Waals surface area contributed by atoms with Crippen LogP contribution >= 0.6 is 11.3 Å². The van der Waals surface area contributed by atoms with E-state index in [1.54, 1.807) is 6.20 Å². The predicted octanol–water partition coefficient (Wildman–Crippen LogP) is 1.06. The van der Waals surface area contributed by atoms with E-state index in [-0.39, 0.29) is 10.9 Å². The Hall–Kier alpha value is -1.71. The zero-order valence-corrected chi connectivity index (χ0v) is 12.6.